The summed E-state index contributed by atoms with van der Waals surface area (Å²) in [5.41, 5.74) is -0.275. The van der Waals surface area contributed by atoms with Crippen molar-refractivity contribution in [2.75, 3.05) is 18.8 Å². The maximum absolute atomic E-state index is 11.9. The molecule has 0 bridgehead atoms. The van der Waals surface area contributed by atoms with Crippen molar-refractivity contribution in [2.24, 2.45) is 17.3 Å². The quantitative estimate of drug-likeness (QED) is 0.821. The zero-order valence-corrected chi connectivity index (χ0v) is 11.6. The second kappa shape index (κ2) is 4.57. The highest BCUT2D eigenvalue weighted by molar-refractivity contribution is 7.89. The normalized spacial score (nSPS) is 20.9. The van der Waals surface area contributed by atoms with E-state index in [4.69, 9.17) is 5.11 Å². The fourth-order valence-electron chi connectivity index (χ4n) is 1.85. The highest BCUT2D eigenvalue weighted by Gasteiger charge is 2.41. The van der Waals surface area contributed by atoms with Gasteiger partial charge in [0.05, 0.1) is 11.7 Å². The van der Waals surface area contributed by atoms with Crippen LogP contribution in [0.25, 0.3) is 0 Å². The highest BCUT2D eigenvalue weighted by atomic mass is 32.2. The van der Waals surface area contributed by atoms with Crippen molar-refractivity contribution in [3.8, 4) is 0 Å². The first kappa shape index (κ1) is 14.4. The predicted molar refractivity (Wildman–Crippen MR) is 65.1 cm³/mol. The van der Waals surface area contributed by atoms with Crippen LogP contribution in [0.4, 0.5) is 0 Å². The van der Waals surface area contributed by atoms with Crippen molar-refractivity contribution in [2.45, 2.75) is 27.7 Å². The van der Waals surface area contributed by atoms with Gasteiger partial charge < -0.3 is 5.11 Å². The van der Waals surface area contributed by atoms with Gasteiger partial charge in [0.25, 0.3) is 0 Å². The Bertz CT molecular complexity index is 390. The maximum Gasteiger partial charge on any atom is 0.306 e. The molecule has 1 fully saturated rings. The van der Waals surface area contributed by atoms with Crippen LogP contribution in [-0.2, 0) is 14.8 Å². The van der Waals surface area contributed by atoms with Crippen LogP contribution < -0.4 is 0 Å². The molecule has 1 saturated heterocycles. The highest BCUT2D eigenvalue weighted by Crippen LogP contribution is 2.29. The van der Waals surface area contributed by atoms with E-state index in [0.717, 1.165) is 0 Å². The molecule has 6 heteroatoms. The van der Waals surface area contributed by atoms with Crippen molar-refractivity contribution in [3.63, 3.8) is 0 Å². The van der Waals surface area contributed by atoms with Crippen molar-refractivity contribution >= 4 is 16.0 Å². The minimum absolute atomic E-state index is 0.0535. The van der Waals surface area contributed by atoms with Gasteiger partial charge in [-0.3, -0.25) is 4.79 Å². The molecule has 17 heavy (non-hydrogen) atoms. The second-order valence-corrected chi connectivity index (χ2v) is 7.99. The topological polar surface area (TPSA) is 74.7 Å². The molecule has 1 N–H and O–H groups in total. The van der Waals surface area contributed by atoms with E-state index >= 15 is 0 Å². The van der Waals surface area contributed by atoms with Gasteiger partial charge in [0.2, 0.25) is 10.0 Å². The molecular formula is C11H21NO4S. The molecule has 0 aromatic rings. The van der Waals surface area contributed by atoms with Gasteiger partial charge in [-0.2, -0.15) is 0 Å². The van der Waals surface area contributed by atoms with Crippen molar-refractivity contribution in [3.05, 3.63) is 0 Å². The molecular weight excluding hydrogens is 242 g/mol. The SMILES string of the molecule is CC(C(=O)O)C1CN(S(=O)(=O)CC(C)(C)C)C1. The lowest BCUT2D eigenvalue weighted by Gasteiger charge is -2.41. The lowest BCUT2D eigenvalue weighted by Crippen LogP contribution is -2.54. The number of nitrogens with zero attached hydrogens (tertiary/aromatic N) is 1. The summed E-state index contributed by atoms with van der Waals surface area (Å²) in [7, 11) is -3.23. The van der Waals surface area contributed by atoms with E-state index in [1.807, 2.05) is 20.8 Å². The number of carbonyl (C=O) groups is 1. The molecule has 1 unspecified atom stereocenters. The minimum Gasteiger partial charge on any atom is -0.481 e. The fraction of sp³-hybridized carbons (Fsp3) is 0.909. The molecule has 1 rings (SSSR count). The van der Waals surface area contributed by atoms with E-state index < -0.39 is 21.9 Å². The number of carboxylic acid groups (broad SMARTS) is 1. The summed E-state index contributed by atoms with van der Waals surface area (Å²) in [4.78, 5) is 10.8. The third kappa shape index (κ3) is 3.67. The molecule has 0 aromatic carbocycles. The summed E-state index contributed by atoms with van der Waals surface area (Å²) < 4.78 is 25.3. The van der Waals surface area contributed by atoms with E-state index in [1.165, 1.54) is 4.31 Å². The molecule has 0 spiro atoms. The predicted octanol–water partition coefficient (Wildman–Crippen LogP) is 1.01. The Morgan fingerprint density at radius 3 is 2.24 bits per heavy atom. The first-order valence-electron chi connectivity index (χ1n) is 5.73. The van der Waals surface area contributed by atoms with Gasteiger partial charge >= 0.3 is 5.97 Å². The van der Waals surface area contributed by atoms with Crippen molar-refractivity contribution in [1.29, 1.82) is 0 Å². The smallest absolute Gasteiger partial charge is 0.306 e. The van der Waals surface area contributed by atoms with Crippen LogP contribution in [0.3, 0.4) is 0 Å². The molecule has 1 atom stereocenters. The number of hydrogen-bond acceptors (Lipinski definition) is 3. The largest absolute Gasteiger partial charge is 0.481 e. The Kier molecular flexibility index (Phi) is 3.88. The van der Waals surface area contributed by atoms with E-state index in [1.54, 1.807) is 6.92 Å². The summed E-state index contributed by atoms with van der Waals surface area (Å²) in [6.07, 6.45) is 0. The van der Waals surface area contributed by atoms with Crippen molar-refractivity contribution in [1.82, 2.24) is 4.31 Å². The lowest BCUT2D eigenvalue weighted by molar-refractivity contribution is -0.144. The summed E-state index contributed by atoms with van der Waals surface area (Å²) in [5.74, 6) is -1.28. The van der Waals surface area contributed by atoms with Crippen LogP contribution >= 0.6 is 0 Å². The number of carboxylic acids is 1. The first-order chi connectivity index (χ1) is 7.53. The third-order valence-corrected chi connectivity index (χ3v) is 5.30. The van der Waals surface area contributed by atoms with Gasteiger partial charge in [-0.05, 0) is 11.3 Å². The number of sulfonamides is 1. The standard InChI is InChI=1S/C11H21NO4S/c1-8(10(13)14)9-5-12(6-9)17(15,16)7-11(2,3)4/h8-9H,5-7H2,1-4H3,(H,13,14). The van der Waals surface area contributed by atoms with Crippen LogP contribution in [0.1, 0.15) is 27.7 Å². The molecule has 100 valence electrons. The monoisotopic (exact) mass is 263 g/mol. The Morgan fingerprint density at radius 2 is 1.88 bits per heavy atom. The Balaban J connectivity index is 2.55. The number of hydrogen-bond donors (Lipinski definition) is 1. The van der Waals surface area contributed by atoms with Crippen LogP contribution in [0.5, 0.6) is 0 Å². The Labute approximate surface area is 103 Å². The second-order valence-electron chi connectivity index (χ2n) is 6.02. The third-order valence-electron chi connectivity index (χ3n) is 2.98. The van der Waals surface area contributed by atoms with Crippen molar-refractivity contribution < 1.29 is 18.3 Å². The van der Waals surface area contributed by atoms with Crippen LogP contribution in [-0.4, -0.2) is 42.6 Å². The summed E-state index contributed by atoms with van der Waals surface area (Å²) in [6.45, 7) is 7.93. The number of aliphatic carboxylic acids is 1. The molecule has 0 radical (unpaired) electrons. The van der Waals surface area contributed by atoms with Gasteiger partial charge in [-0.25, -0.2) is 12.7 Å². The summed E-state index contributed by atoms with van der Waals surface area (Å²) >= 11 is 0. The fourth-order valence-corrected chi connectivity index (χ4v) is 3.97. The molecule has 0 aromatic heterocycles. The van der Waals surface area contributed by atoms with E-state index in [0.29, 0.717) is 13.1 Å². The molecule has 1 aliphatic rings. The summed E-state index contributed by atoms with van der Waals surface area (Å²) in [5, 5.41) is 8.82. The maximum atomic E-state index is 11.9. The zero-order valence-electron chi connectivity index (χ0n) is 10.8. The van der Waals surface area contributed by atoms with E-state index in [9.17, 15) is 13.2 Å². The van der Waals surface area contributed by atoms with Gasteiger partial charge in [-0.1, -0.05) is 27.7 Å². The first-order valence-corrected chi connectivity index (χ1v) is 7.34. The average Bonchev–Trinajstić information content (AvgIpc) is 1.94. The minimum atomic E-state index is -3.23. The molecule has 0 aliphatic carbocycles. The van der Waals surface area contributed by atoms with Gasteiger partial charge in [-0.15, -0.1) is 0 Å². The van der Waals surface area contributed by atoms with Crippen LogP contribution in [0.2, 0.25) is 0 Å². The molecule has 1 heterocycles. The lowest BCUT2D eigenvalue weighted by atomic mass is 9.89. The summed E-state index contributed by atoms with van der Waals surface area (Å²) in [6, 6.07) is 0. The number of rotatable bonds is 4. The van der Waals surface area contributed by atoms with E-state index in [-0.39, 0.29) is 17.1 Å². The van der Waals surface area contributed by atoms with Crippen LogP contribution in [0, 0.1) is 17.3 Å². The Morgan fingerprint density at radius 1 is 1.41 bits per heavy atom. The molecule has 1 aliphatic heterocycles. The Hall–Kier alpha value is -0.620. The van der Waals surface area contributed by atoms with Gasteiger partial charge in [0.15, 0.2) is 0 Å². The van der Waals surface area contributed by atoms with Gasteiger partial charge in [0.1, 0.15) is 0 Å². The average molecular weight is 263 g/mol. The van der Waals surface area contributed by atoms with E-state index in [2.05, 4.69) is 0 Å². The van der Waals surface area contributed by atoms with Gasteiger partial charge in [0, 0.05) is 13.1 Å². The molecule has 5 nitrogen and oxygen atoms in total. The zero-order chi connectivity index (χ0) is 13.4. The molecule has 0 amide bonds. The van der Waals surface area contributed by atoms with Crippen LogP contribution in [0.15, 0.2) is 0 Å². The molecule has 0 saturated carbocycles.